The van der Waals surface area contributed by atoms with Crippen LogP contribution in [-0.4, -0.2) is 37.3 Å². The highest BCUT2D eigenvalue weighted by Gasteiger charge is 2.19. The number of ether oxygens (including phenoxy) is 1. The van der Waals surface area contributed by atoms with Gasteiger partial charge in [-0.25, -0.2) is 4.98 Å². The predicted octanol–water partition coefficient (Wildman–Crippen LogP) is 1.59. The maximum atomic E-state index is 5.79. The summed E-state index contributed by atoms with van der Waals surface area (Å²) in [6.07, 6.45) is 4.99. The van der Waals surface area contributed by atoms with Gasteiger partial charge in [-0.2, -0.15) is 0 Å². The number of anilines is 1. The number of rotatable bonds is 4. The molecule has 18 heavy (non-hydrogen) atoms. The first-order valence-corrected chi connectivity index (χ1v) is 6.68. The maximum absolute atomic E-state index is 5.79. The minimum absolute atomic E-state index is 0.186. The molecular weight excluding hydrogens is 226 g/mol. The van der Waals surface area contributed by atoms with Gasteiger partial charge in [-0.1, -0.05) is 6.07 Å². The van der Waals surface area contributed by atoms with Crippen molar-refractivity contribution in [1.29, 1.82) is 0 Å². The lowest BCUT2D eigenvalue weighted by atomic mass is 10.1. The number of nitrogens with two attached hydrogens (primary N) is 1. The van der Waals surface area contributed by atoms with E-state index in [1.807, 2.05) is 13.1 Å². The Balaban J connectivity index is 1.99. The van der Waals surface area contributed by atoms with E-state index in [-0.39, 0.29) is 6.04 Å². The number of hydrogen-bond acceptors (Lipinski definition) is 4. The van der Waals surface area contributed by atoms with Crippen molar-refractivity contribution in [2.45, 2.75) is 38.3 Å². The second kappa shape index (κ2) is 6.16. The highest BCUT2D eigenvalue weighted by atomic mass is 16.5. The van der Waals surface area contributed by atoms with Gasteiger partial charge in [-0.3, -0.25) is 0 Å². The maximum Gasteiger partial charge on any atom is 0.128 e. The van der Waals surface area contributed by atoms with Crippen LogP contribution >= 0.6 is 0 Å². The molecule has 2 rings (SSSR count). The molecule has 1 unspecified atom stereocenters. The van der Waals surface area contributed by atoms with Crippen molar-refractivity contribution in [1.82, 2.24) is 4.98 Å². The van der Waals surface area contributed by atoms with E-state index in [1.165, 1.54) is 5.56 Å². The zero-order valence-corrected chi connectivity index (χ0v) is 11.3. The van der Waals surface area contributed by atoms with E-state index < -0.39 is 0 Å². The highest BCUT2D eigenvalue weighted by Crippen LogP contribution is 2.19. The zero-order chi connectivity index (χ0) is 13.0. The molecule has 0 aromatic carbocycles. The van der Waals surface area contributed by atoms with Gasteiger partial charge in [0.1, 0.15) is 5.82 Å². The second-order valence-corrected chi connectivity index (χ2v) is 5.16. The van der Waals surface area contributed by atoms with Gasteiger partial charge in [0.05, 0.1) is 0 Å². The minimum Gasteiger partial charge on any atom is -0.381 e. The van der Waals surface area contributed by atoms with Crippen LogP contribution in [0, 0.1) is 0 Å². The average molecular weight is 249 g/mol. The van der Waals surface area contributed by atoms with E-state index in [9.17, 15) is 0 Å². The Bertz CT molecular complexity index is 358. The molecule has 1 aliphatic rings. The Labute approximate surface area is 109 Å². The molecule has 0 aliphatic carbocycles. The molecule has 1 aliphatic heterocycles. The third-order valence-corrected chi connectivity index (χ3v) is 3.47. The molecule has 1 aromatic heterocycles. The van der Waals surface area contributed by atoms with Gasteiger partial charge in [0.25, 0.3) is 0 Å². The molecule has 0 spiro atoms. The van der Waals surface area contributed by atoms with Gasteiger partial charge >= 0.3 is 0 Å². The topological polar surface area (TPSA) is 51.4 Å². The Hall–Kier alpha value is -1.13. The molecule has 1 fully saturated rings. The molecule has 0 amide bonds. The smallest absolute Gasteiger partial charge is 0.128 e. The normalized spacial score (nSPS) is 18.6. The van der Waals surface area contributed by atoms with Gasteiger partial charge in [0, 0.05) is 38.5 Å². The summed E-state index contributed by atoms with van der Waals surface area (Å²) in [6, 6.07) is 4.95. The number of hydrogen-bond donors (Lipinski definition) is 1. The fourth-order valence-electron chi connectivity index (χ4n) is 2.38. The molecule has 1 aromatic rings. The molecule has 2 N–H and O–H groups in total. The van der Waals surface area contributed by atoms with Gasteiger partial charge in [0.2, 0.25) is 0 Å². The van der Waals surface area contributed by atoms with Crippen molar-refractivity contribution in [2.75, 3.05) is 25.2 Å². The van der Waals surface area contributed by atoms with Crippen LogP contribution in [0.15, 0.2) is 18.3 Å². The van der Waals surface area contributed by atoms with E-state index in [0.29, 0.717) is 6.04 Å². The Morgan fingerprint density at radius 1 is 1.44 bits per heavy atom. The second-order valence-electron chi connectivity index (χ2n) is 5.16. The van der Waals surface area contributed by atoms with E-state index in [1.54, 1.807) is 0 Å². The van der Waals surface area contributed by atoms with Crippen LogP contribution in [0.2, 0.25) is 0 Å². The first-order chi connectivity index (χ1) is 8.66. The monoisotopic (exact) mass is 249 g/mol. The SMILES string of the molecule is CC(N)Cc1ccc(N(C)C2CCOCC2)nc1. The third kappa shape index (κ3) is 3.43. The molecule has 0 radical (unpaired) electrons. The van der Waals surface area contributed by atoms with Crippen molar-refractivity contribution >= 4 is 5.82 Å². The Kier molecular flexibility index (Phi) is 4.55. The van der Waals surface area contributed by atoms with Crippen molar-refractivity contribution in [3.8, 4) is 0 Å². The van der Waals surface area contributed by atoms with E-state index in [2.05, 4.69) is 29.1 Å². The Morgan fingerprint density at radius 3 is 2.72 bits per heavy atom. The zero-order valence-electron chi connectivity index (χ0n) is 11.3. The summed E-state index contributed by atoms with van der Waals surface area (Å²) in [7, 11) is 2.11. The predicted molar refractivity (Wildman–Crippen MR) is 73.8 cm³/mol. The molecule has 4 heteroatoms. The molecule has 2 heterocycles. The van der Waals surface area contributed by atoms with Crippen molar-refractivity contribution in [3.05, 3.63) is 23.9 Å². The molecule has 1 saturated heterocycles. The third-order valence-electron chi connectivity index (χ3n) is 3.47. The van der Waals surface area contributed by atoms with Gasteiger partial charge in [-0.15, -0.1) is 0 Å². The largest absolute Gasteiger partial charge is 0.381 e. The average Bonchev–Trinajstić information content (AvgIpc) is 2.39. The van der Waals surface area contributed by atoms with Crippen LogP contribution in [-0.2, 0) is 11.2 Å². The quantitative estimate of drug-likeness (QED) is 0.880. The summed E-state index contributed by atoms with van der Waals surface area (Å²) >= 11 is 0. The van der Waals surface area contributed by atoms with E-state index in [4.69, 9.17) is 10.5 Å². The molecule has 1 atom stereocenters. The molecule has 4 nitrogen and oxygen atoms in total. The highest BCUT2D eigenvalue weighted by molar-refractivity contribution is 5.39. The standard InChI is InChI=1S/C14H23N3O/c1-11(15)9-12-3-4-14(16-10-12)17(2)13-5-7-18-8-6-13/h3-4,10-11,13H,5-9,15H2,1-2H3. The van der Waals surface area contributed by atoms with Gasteiger partial charge in [0.15, 0.2) is 0 Å². The summed E-state index contributed by atoms with van der Waals surface area (Å²) < 4.78 is 5.39. The van der Waals surface area contributed by atoms with E-state index >= 15 is 0 Å². The lowest BCUT2D eigenvalue weighted by Gasteiger charge is -2.32. The first-order valence-electron chi connectivity index (χ1n) is 6.68. The summed E-state index contributed by atoms with van der Waals surface area (Å²) in [5.41, 5.74) is 6.99. The lowest BCUT2D eigenvalue weighted by Crippen LogP contribution is -2.37. The number of pyridine rings is 1. The van der Waals surface area contributed by atoms with Crippen LogP contribution in [0.1, 0.15) is 25.3 Å². The van der Waals surface area contributed by atoms with Crippen LogP contribution in [0.5, 0.6) is 0 Å². The molecule has 0 bridgehead atoms. The van der Waals surface area contributed by atoms with Crippen LogP contribution in [0.4, 0.5) is 5.82 Å². The first kappa shape index (κ1) is 13.3. The van der Waals surface area contributed by atoms with Gasteiger partial charge < -0.3 is 15.4 Å². The minimum atomic E-state index is 0.186. The number of nitrogens with zero attached hydrogens (tertiary/aromatic N) is 2. The Morgan fingerprint density at radius 2 is 2.17 bits per heavy atom. The summed E-state index contributed by atoms with van der Waals surface area (Å²) in [4.78, 5) is 6.80. The van der Waals surface area contributed by atoms with Crippen molar-refractivity contribution < 1.29 is 4.74 Å². The summed E-state index contributed by atoms with van der Waals surface area (Å²) in [5.74, 6) is 1.04. The summed E-state index contributed by atoms with van der Waals surface area (Å²) in [6.45, 7) is 3.73. The number of aromatic nitrogens is 1. The van der Waals surface area contributed by atoms with Crippen LogP contribution in [0.3, 0.4) is 0 Å². The molecule has 100 valence electrons. The van der Waals surface area contributed by atoms with Crippen molar-refractivity contribution in [2.24, 2.45) is 5.73 Å². The fourth-order valence-corrected chi connectivity index (χ4v) is 2.38. The van der Waals surface area contributed by atoms with Crippen molar-refractivity contribution in [3.63, 3.8) is 0 Å². The molecular formula is C14H23N3O. The fraction of sp³-hybridized carbons (Fsp3) is 0.643. The van der Waals surface area contributed by atoms with Crippen LogP contribution < -0.4 is 10.6 Å². The molecule has 0 saturated carbocycles. The van der Waals surface area contributed by atoms with E-state index in [0.717, 1.165) is 38.3 Å². The lowest BCUT2D eigenvalue weighted by molar-refractivity contribution is 0.0853. The van der Waals surface area contributed by atoms with Crippen LogP contribution in [0.25, 0.3) is 0 Å². The van der Waals surface area contributed by atoms with Gasteiger partial charge in [-0.05, 0) is 37.8 Å². The summed E-state index contributed by atoms with van der Waals surface area (Å²) in [5, 5.41) is 0.